The van der Waals surface area contributed by atoms with Crippen LogP contribution in [0.25, 0.3) is 0 Å². The molecule has 0 aliphatic rings. The largest absolute Gasteiger partial charge is 0.471 e. The Labute approximate surface area is 117 Å². The van der Waals surface area contributed by atoms with Gasteiger partial charge < -0.3 is 10.1 Å². The summed E-state index contributed by atoms with van der Waals surface area (Å²) in [4.78, 5) is 22.9. The van der Waals surface area contributed by atoms with Gasteiger partial charge in [0, 0.05) is 0 Å². The Bertz CT molecular complexity index is 344. The summed E-state index contributed by atoms with van der Waals surface area (Å²) in [6.45, 7) is 6.39. The van der Waals surface area contributed by atoms with Gasteiger partial charge in [0.1, 0.15) is 5.54 Å². The van der Waals surface area contributed by atoms with Crippen LogP contribution < -0.4 is 5.32 Å². The van der Waals surface area contributed by atoms with Crippen molar-refractivity contribution >= 4 is 11.9 Å². The van der Waals surface area contributed by atoms with Gasteiger partial charge in [0.15, 0.2) is 0 Å². The van der Waals surface area contributed by atoms with E-state index in [0.717, 1.165) is 12.8 Å². The minimum absolute atomic E-state index is 0.00809. The van der Waals surface area contributed by atoms with Crippen LogP contribution in [0.2, 0.25) is 0 Å². The van der Waals surface area contributed by atoms with E-state index in [1.165, 1.54) is 13.8 Å². The molecule has 0 spiro atoms. The lowest BCUT2D eigenvalue weighted by Crippen LogP contribution is -2.56. The second kappa shape index (κ2) is 7.50. The van der Waals surface area contributed by atoms with Crippen LogP contribution in [-0.4, -0.2) is 29.7 Å². The first-order chi connectivity index (χ1) is 9.06. The molecular weight excluding hydrogens is 275 g/mol. The molecule has 2 atom stereocenters. The molecule has 0 radical (unpaired) electrons. The molecule has 0 bridgehead atoms. The Morgan fingerprint density at radius 1 is 1.25 bits per heavy atom. The highest BCUT2D eigenvalue weighted by atomic mass is 19.4. The van der Waals surface area contributed by atoms with E-state index in [1.54, 1.807) is 12.2 Å². The van der Waals surface area contributed by atoms with Crippen LogP contribution in [0.4, 0.5) is 13.2 Å². The number of esters is 1. The average Bonchev–Trinajstić information content (AvgIpc) is 2.34. The molecule has 0 fully saturated rings. The van der Waals surface area contributed by atoms with E-state index in [4.69, 9.17) is 4.74 Å². The zero-order valence-corrected chi connectivity index (χ0v) is 12.3. The van der Waals surface area contributed by atoms with Crippen LogP contribution in [0.1, 0.15) is 53.4 Å². The van der Waals surface area contributed by atoms with Gasteiger partial charge in [-0.3, -0.25) is 4.79 Å². The minimum atomic E-state index is -5.02. The number of carbonyl (C=O) groups excluding carboxylic acids is 2. The van der Waals surface area contributed by atoms with E-state index < -0.39 is 29.7 Å². The molecule has 0 aromatic heterocycles. The standard InChI is InChI=1S/C13H22F3NO3/c1-5-7-8-9(3)20-11(19)12(4,6-2)17-10(18)13(14,15)16/h9H,5-8H2,1-4H3,(H,17,18)/t9?,12-/m0/s1. The lowest BCUT2D eigenvalue weighted by molar-refractivity contribution is -0.179. The Morgan fingerprint density at radius 3 is 2.20 bits per heavy atom. The Kier molecular flexibility index (Phi) is 7.02. The van der Waals surface area contributed by atoms with Gasteiger partial charge >= 0.3 is 18.1 Å². The maximum absolute atomic E-state index is 12.2. The van der Waals surface area contributed by atoms with Crippen LogP contribution in [0, 0.1) is 0 Å². The number of amides is 1. The molecule has 7 heteroatoms. The molecule has 1 N–H and O–H groups in total. The number of unbranched alkanes of at least 4 members (excludes halogenated alkanes) is 1. The normalized spacial score (nSPS) is 16.1. The molecular formula is C13H22F3NO3. The van der Waals surface area contributed by atoms with Crippen LogP contribution >= 0.6 is 0 Å². The number of carbonyl (C=O) groups is 2. The summed E-state index contributed by atoms with van der Waals surface area (Å²) in [5.74, 6) is -2.98. The smallest absolute Gasteiger partial charge is 0.461 e. The third-order valence-electron chi connectivity index (χ3n) is 3.08. The molecule has 0 aliphatic carbocycles. The molecule has 0 aromatic carbocycles. The number of hydrogen-bond donors (Lipinski definition) is 1. The first-order valence-electron chi connectivity index (χ1n) is 6.67. The SMILES string of the molecule is CCCCC(C)OC(=O)[C@](C)(CC)NC(=O)C(F)(F)F. The van der Waals surface area contributed by atoms with Crippen LogP contribution in [0.15, 0.2) is 0 Å². The molecule has 118 valence electrons. The van der Waals surface area contributed by atoms with Crippen molar-refractivity contribution in [3.8, 4) is 0 Å². The maximum Gasteiger partial charge on any atom is 0.471 e. The average molecular weight is 297 g/mol. The highest BCUT2D eigenvalue weighted by Crippen LogP contribution is 2.20. The number of halogens is 3. The third-order valence-corrected chi connectivity index (χ3v) is 3.08. The zero-order chi connectivity index (χ0) is 16.0. The number of nitrogens with one attached hydrogen (secondary N) is 1. The molecule has 0 saturated carbocycles. The molecule has 0 aliphatic heterocycles. The van der Waals surface area contributed by atoms with Crippen molar-refractivity contribution in [2.45, 2.75) is 71.2 Å². The number of ether oxygens (including phenoxy) is 1. The lowest BCUT2D eigenvalue weighted by atomic mass is 9.99. The molecule has 20 heavy (non-hydrogen) atoms. The van der Waals surface area contributed by atoms with Crippen LogP contribution in [-0.2, 0) is 14.3 Å². The molecule has 1 amide bonds. The molecule has 0 aromatic rings. The molecule has 1 unspecified atom stereocenters. The van der Waals surface area contributed by atoms with Gasteiger partial charge in [0.25, 0.3) is 0 Å². The molecule has 0 saturated heterocycles. The first-order valence-corrected chi connectivity index (χ1v) is 6.67. The summed E-state index contributed by atoms with van der Waals surface area (Å²) in [6.07, 6.45) is -2.99. The van der Waals surface area contributed by atoms with Crippen LogP contribution in [0.3, 0.4) is 0 Å². The van der Waals surface area contributed by atoms with Crippen molar-refractivity contribution in [2.75, 3.05) is 0 Å². The fraction of sp³-hybridized carbons (Fsp3) is 0.846. The summed E-state index contributed by atoms with van der Waals surface area (Å²) in [5.41, 5.74) is -1.67. The van der Waals surface area contributed by atoms with Crippen molar-refractivity contribution in [3.05, 3.63) is 0 Å². The predicted octanol–water partition coefficient (Wildman–Crippen LogP) is 2.96. The monoisotopic (exact) mass is 297 g/mol. The van der Waals surface area contributed by atoms with Gasteiger partial charge in [-0.15, -0.1) is 0 Å². The van der Waals surface area contributed by atoms with Crippen LogP contribution in [0.5, 0.6) is 0 Å². The summed E-state index contributed by atoms with van der Waals surface area (Å²) in [7, 11) is 0. The summed E-state index contributed by atoms with van der Waals surface area (Å²) >= 11 is 0. The van der Waals surface area contributed by atoms with Crippen molar-refractivity contribution in [2.24, 2.45) is 0 Å². The highest BCUT2D eigenvalue weighted by Gasteiger charge is 2.45. The lowest BCUT2D eigenvalue weighted by Gasteiger charge is -2.29. The Hall–Kier alpha value is -1.27. The molecule has 0 heterocycles. The maximum atomic E-state index is 12.2. The Morgan fingerprint density at radius 2 is 1.80 bits per heavy atom. The van der Waals surface area contributed by atoms with E-state index in [9.17, 15) is 22.8 Å². The quantitative estimate of drug-likeness (QED) is 0.735. The predicted molar refractivity (Wildman–Crippen MR) is 68.0 cm³/mol. The van der Waals surface area contributed by atoms with Gasteiger partial charge in [0.05, 0.1) is 6.10 Å². The second-order valence-corrected chi connectivity index (χ2v) is 5.00. The minimum Gasteiger partial charge on any atom is -0.461 e. The van der Waals surface area contributed by atoms with Gasteiger partial charge in [-0.05, 0) is 26.7 Å². The van der Waals surface area contributed by atoms with E-state index >= 15 is 0 Å². The number of alkyl halides is 3. The van der Waals surface area contributed by atoms with E-state index in [-0.39, 0.29) is 6.42 Å². The van der Waals surface area contributed by atoms with Crippen molar-refractivity contribution in [1.82, 2.24) is 5.32 Å². The van der Waals surface area contributed by atoms with Gasteiger partial charge in [-0.2, -0.15) is 13.2 Å². The Balaban J connectivity index is 4.70. The van der Waals surface area contributed by atoms with Gasteiger partial charge in [0.2, 0.25) is 0 Å². The van der Waals surface area contributed by atoms with Crippen molar-refractivity contribution in [3.63, 3.8) is 0 Å². The molecule has 4 nitrogen and oxygen atoms in total. The van der Waals surface area contributed by atoms with E-state index in [1.807, 2.05) is 6.92 Å². The third kappa shape index (κ3) is 5.79. The van der Waals surface area contributed by atoms with E-state index in [0.29, 0.717) is 6.42 Å². The summed E-state index contributed by atoms with van der Waals surface area (Å²) < 4.78 is 41.8. The molecule has 0 rings (SSSR count). The van der Waals surface area contributed by atoms with Gasteiger partial charge in [-0.1, -0.05) is 26.7 Å². The van der Waals surface area contributed by atoms with Crippen molar-refractivity contribution < 1.29 is 27.5 Å². The number of rotatable bonds is 7. The van der Waals surface area contributed by atoms with E-state index in [2.05, 4.69) is 0 Å². The fourth-order valence-electron chi connectivity index (χ4n) is 1.47. The van der Waals surface area contributed by atoms with Crippen molar-refractivity contribution in [1.29, 1.82) is 0 Å². The first kappa shape index (κ1) is 18.7. The topological polar surface area (TPSA) is 55.4 Å². The summed E-state index contributed by atoms with van der Waals surface area (Å²) in [5, 5.41) is 1.71. The number of hydrogen-bond acceptors (Lipinski definition) is 3. The fourth-order valence-corrected chi connectivity index (χ4v) is 1.47. The summed E-state index contributed by atoms with van der Waals surface area (Å²) in [6, 6.07) is 0. The second-order valence-electron chi connectivity index (χ2n) is 5.00. The van der Waals surface area contributed by atoms with Gasteiger partial charge in [-0.25, -0.2) is 4.79 Å². The highest BCUT2D eigenvalue weighted by molar-refractivity contribution is 5.90. The zero-order valence-electron chi connectivity index (χ0n) is 12.3.